The van der Waals surface area contributed by atoms with Gasteiger partial charge < -0.3 is 19.1 Å². The van der Waals surface area contributed by atoms with Crippen LogP contribution in [-0.2, 0) is 23.4 Å². The van der Waals surface area contributed by atoms with Crippen molar-refractivity contribution in [3.8, 4) is 18.1 Å². The van der Waals surface area contributed by atoms with Gasteiger partial charge in [0.2, 0.25) is 5.67 Å². The van der Waals surface area contributed by atoms with Gasteiger partial charge in [-0.3, -0.25) is 23.7 Å². The molecule has 6 atom stereocenters. The normalized spacial score (nSPS) is 25.7. The van der Waals surface area contributed by atoms with Crippen LogP contribution in [0.4, 0.5) is 4.39 Å². The van der Waals surface area contributed by atoms with Crippen molar-refractivity contribution in [1.29, 1.82) is 0 Å². The van der Waals surface area contributed by atoms with E-state index in [2.05, 4.69) is 10.1 Å². The van der Waals surface area contributed by atoms with Gasteiger partial charge in [-0.15, -0.1) is 6.42 Å². The fourth-order valence-corrected chi connectivity index (χ4v) is 5.19. The standard InChI is InChI=1S/C23H27FN3O8PS/c1-5-23(24)19(29)17(34-21(23)27-12-11-18(28)25-22(27)37)13-32-36(31,35-16-9-7-6-8-10-16)26-15(4)20(30)33-14(2)3/h1,6-12,14-15,17,19,21,29H,13H2,2-4H3,(H,26,31)(H,25,28,37)/t15-,17+,19-,21+,23?,36?/m0/s1. The van der Waals surface area contributed by atoms with Crippen molar-refractivity contribution in [3.05, 3.63) is 57.7 Å². The van der Waals surface area contributed by atoms with Crippen LogP contribution in [0.15, 0.2) is 47.4 Å². The number of carbonyl (C=O) groups excluding carboxylic acids is 1. The highest BCUT2D eigenvalue weighted by Crippen LogP contribution is 2.47. The van der Waals surface area contributed by atoms with Crippen LogP contribution >= 0.6 is 20.0 Å². The first-order chi connectivity index (χ1) is 17.4. The Balaban J connectivity index is 1.84. The predicted octanol–water partition coefficient (Wildman–Crippen LogP) is 2.64. The summed E-state index contributed by atoms with van der Waals surface area (Å²) in [6.07, 6.45) is 1.12. The van der Waals surface area contributed by atoms with E-state index in [-0.39, 0.29) is 10.5 Å². The Hall–Kier alpha value is -2.85. The van der Waals surface area contributed by atoms with Crippen LogP contribution < -0.4 is 15.2 Å². The summed E-state index contributed by atoms with van der Waals surface area (Å²) >= 11 is 5.06. The maximum atomic E-state index is 15.7. The van der Waals surface area contributed by atoms with Gasteiger partial charge in [0.15, 0.2) is 11.0 Å². The molecule has 0 radical (unpaired) electrons. The summed E-state index contributed by atoms with van der Waals surface area (Å²) in [5.74, 6) is 1.32. The van der Waals surface area contributed by atoms with Crippen LogP contribution in [0.3, 0.4) is 0 Å². The summed E-state index contributed by atoms with van der Waals surface area (Å²) in [6.45, 7) is 4.04. The van der Waals surface area contributed by atoms with E-state index in [0.29, 0.717) is 0 Å². The van der Waals surface area contributed by atoms with Crippen molar-refractivity contribution in [2.24, 2.45) is 0 Å². The lowest BCUT2D eigenvalue weighted by molar-refractivity contribution is -0.149. The topological polar surface area (TPSA) is 141 Å². The number of benzene rings is 1. The first-order valence-corrected chi connectivity index (χ1v) is 13.1. The summed E-state index contributed by atoms with van der Waals surface area (Å²) in [7, 11) is -4.32. The monoisotopic (exact) mass is 555 g/mol. The second-order valence-electron chi connectivity index (χ2n) is 8.44. The molecule has 0 saturated carbocycles. The Morgan fingerprint density at radius 3 is 2.65 bits per heavy atom. The fourth-order valence-electron chi connectivity index (χ4n) is 3.43. The number of aromatic amines is 1. The number of halogens is 1. The molecule has 1 saturated heterocycles. The number of terminal acetylenes is 1. The van der Waals surface area contributed by atoms with Gasteiger partial charge in [0.25, 0.3) is 5.56 Å². The number of aliphatic hydroxyl groups excluding tert-OH is 1. The molecule has 2 unspecified atom stereocenters. The van der Waals surface area contributed by atoms with E-state index in [1.165, 1.54) is 25.3 Å². The number of nitrogens with zero attached hydrogens (tertiary/aromatic N) is 1. The molecule has 37 heavy (non-hydrogen) atoms. The minimum Gasteiger partial charge on any atom is -0.462 e. The number of aliphatic hydroxyl groups is 1. The highest BCUT2D eigenvalue weighted by Gasteiger charge is 2.58. The van der Waals surface area contributed by atoms with Gasteiger partial charge in [-0.05, 0) is 45.1 Å². The van der Waals surface area contributed by atoms with Crippen LogP contribution in [0, 0.1) is 17.1 Å². The van der Waals surface area contributed by atoms with E-state index >= 15 is 4.39 Å². The molecule has 1 aromatic heterocycles. The quantitative estimate of drug-likeness (QED) is 0.173. The molecular weight excluding hydrogens is 528 g/mol. The number of rotatable bonds is 10. The Labute approximate surface area is 217 Å². The maximum Gasteiger partial charge on any atom is 0.459 e. The third kappa shape index (κ3) is 6.73. The number of aromatic nitrogens is 2. The van der Waals surface area contributed by atoms with Gasteiger partial charge >= 0.3 is 13.7 Å². The molecule has 0 amide bonds. The minimum atomic E-state index is -4.32. The highest BCUT2D eigenvalue weighted by atomic mass is 32.1. The van der Waals surface area contributed by atoms with Gasteiger partial charge in [-0.2, -0.15) is 5.09 Å². The molecule has 0 spiro atoms. The Morgan fingerprint density at radius 1 is 1.38 bits per heavy atom. The maximum absolute atomic E-state index is 15.7. The van der Waals surface area contributed by atoms with Crippen LogP contribution in [0.5, 0.6) is 5.75 Å². The number of ether oxygens (including phenoxy) is 2. The molecule has 2 aromatic rings. The number of hydrogen-bond donors (Lipinski definition) is 3. The Kier molecular flexibility index (Phi) is 9.07. The van der Waals surface area contributed by atoms with Gasteiger partial charge in [-0.25, -0.2) is 8.96 Å². The Bertz CT molecular complexity index is 1310. The largest absolute Gasteiger partial charge is 0.462 e. The average molecular weight is 556 g/mol. The molecule has 11 nitrogen and oxygen atoms in total. The second-order valence-corrected chi connectivity index (χ2v) is 10.5. The highest BCUT2D eigenvalue weighted by molar-refractivity contribution is 7.71. The van der Waals surface area contributed by atoms with Crippen LogP contribution in [-0.4, -0.2) is 57.3 Å². The zero-order valence-electron chi connectivity index (χ0n) is 20.2. The van der Waals surface area contributed by atoms with E-state index in [0.717, 1.165) is 10.6 Å². The fraction of sp³-hybridized carbons (Fsp3) is 0.435. The number of carbonyl (C=O) groups is 1. The molecular formula is C23H27FN3O8PS. The van der Waals surface area contributed by atoms with Crippen molar-refractivity contribution in [1.82, 2.24) is 14.6 Å². The van der Waals surface area contributed by atoms with E-state index in [1.807, 2.05) is 5.92 Å². The van der Waals surface area contributed by atoms with Crippen LogP contribution in [0.2, 0.25) is 0 Å². The van der Waals surface area contributed by atoms with Gasteiger partial charge in [0, 0.05) is 12.3 Å². The molecule has 1 aliphatic heterocycles. The van der Waals surface area contributed by atoms with Crippen molar-refractivity contribution in [2.75, 3.05) is 6.61 Å². The second kappa shape index (κ2) is 11.7. The molecule has 200 valence electrons. The van der Waals surface area contributed by atoms with Crippen LogP contribution in [0.25, 0.3) is 0 Å². The number of nitrogens with one attached hydrogen (secondary N) is 2. The number of para-hydroxylation sites is 1. The molecule has 1 aromatic carbocycles. The molecule has 0 bridgehead atoms. The van der Waals surface area contributed by atoms with Crippen LogP contribution in [0.1, 0.15) is 27.0 Å². The van der Waals surface area contributed by atoms with Crippen molar-refractivity contribution >= 4 is 25.9 Å². The smallest absolute Gasteiger partial charge is 0.459 e. The molecule has 0 aliphatic carbocycles. The molecule has 14 heteroatoms. The van der Waals surface area contributed by atoms with Crippen molar-refractivity contribution < 1.29 is 37.4 Å². The number of alkyl halides is 1. The predicted molar refractivity (Wildman–Crippen MR) is 133 cm³/mol. The van der Waals surface area contributed by atoms with Gasteiger partial charge in [0.1, 0.15) is 24.0 Å². The molecule has 2 heterocycles. The SMILES string of the molecule is C#CC1(F)[C@@H](O)[C@@H](COP(=O)(N[C@@H](C)C(=O)OC(C)C)Oc2ccccc2)O[C@H]1n1ccc(=O)[nH]c1=S. The summed E-state index contributed by atoms with van der Waals surface area (Å²) in [4.78, 5) is 26.1. The summed E-state index contributed by atoms with van der Waals surface area (Å²) < 4.78 is 51.9. The average Bonchev–Trinajstić information content (AvgIpc) is 3.08. The third-order valence-electron chi connectivity index (χ3n) is 5.21. The summed E-state index contributed by atoms with van der Waals surface area (Å²) in [6, 6.07) is 7.94. The van der Waals surface area contributed by atoms with E-state index < -0.39 is 62.1 Å². The number of esters is 1. The van der Waals surface area contributed by atoms with Crippen molar-refractivity contribution in [3.63, 3.8) is 0 Å². The molecule has 3 rings (SSSR count). The zero-order chi connectivity index (χ0) is 27.4. The third-order valence-corrected chi connectivity index (χ3v) is 7.16. The van der Waals surface area contributed by atoms with Crippen molar-refractivity contribution in [2.45, 2.75) is 57.0 Å². The number of H-pyrrole nitrogens is 1. The van der Waals surface area contributed by atoms with E-state index in [4.69, 9.17) is 37.2 Å². The summed E-state index contributed by atoms with van der Waals surface area (Å²) in [5.41, 5.74) is -3.31. The van der Waals surface area contributed by atoms with E-state index in [1.54, 1.807) is 32.0 Å². The van der Waals surface area contributed by atoms with Gasteiger partial charge in [-0.1, -0.05) is 24.1 Å². The minimum absolute atomic E-state index is 0.150. The number of hydrogen-bond acceptors (Lipinski definition) is 9. The Morgan fingerprint density at radius 2 is 2.05 bits per heavy atom. The van der Waals surface area contributed by atoms with Gasteiger partial charge in [0.05, 0.1) is 12.7 Å². The lowest BCUT2D eigenvalue weighted by atomic mass is 9.97. The summed E-state index contributed by atoms with van der Waals surface area (Å²) in [5, 5.41) is 13.2. The molecule has 1 fully saturated rings. The molecule has 1 aliphatic rings. The first kappa shape index (κ1) is 28.7. The lowest BCUT2D eigenvalue weighted by Crippen LogP contribution is -2.43. The first-order valence-electron chi connectivity index (χ1n) is 11.2. The zero-order valence-corrected chi connectivity index (χ0v) is 21.9. The lowest BCUT2D eigenvalue weighted by Gasteiger charge is -2.25. The van der Waals surface area contributed by atoms with E-state index in [9.17, 15) is 19.3 Å². The molecule has 3 N–H and O–H groups in total.